The van der Waals surface area contributed by atoms with Gasteiger partial charge in [0.1, 0.15) is 18.1 Å². The number of aromatic nitrogens is 2. The number of methoxy groups -OCH3 is 1. The van der Waals surface area contributed by atoms with Crippen LogP contribution in [-0.2, 0) is 20.2 Å². The molecule has 1 aromatic heterocycles. The van der Waals surface area contributed by atoms with E-state index in [9.17, 15) is 0 Å². The Hall–Kier alpha value is -2.01. The summed E-state index contributed by atoms with van der Waals surface area (Å²) in [5.41, 5.74) is 2.04. The first-order valence-electron chi connectivity index (χ1n) is 7.22. The van der Waals surface area contributed by atoms with Gasteiger partial charge in [0, 0.05) is 31.4 Å². The molecule has 0 atom stereocenters. The van der Waals surface area contributed by atoms with Gasteiger partial charge in [-0.3, -0.25) is 4.68 Å². The summed E-state index contributed by atoms with van der Waals surface area (Å²) in [6.07, 6.45) is 3.02. The fraction of sp³-hybridized carbons (Fsp3) is 0.438. The highest BCUT2D eigenvalue weighted by atomic mass is 16.5. The van der Waals surface area contributed by atoms with E-state index in [1.807, 2.05) is 37.5 Å². The van der Waals surface area contributed by atoms with E-state index in [2.05, 4.69) is 17.3 Å². The Morgan fingerprint density at radius 3 is 2.81 bits per heavy atom. The number of aryl methyl sites for hydroxylation is 1. The molecular weight excluding hydrogens is 266 g/mol. The monoisotopic (exact) mass is 289 g/mol. The first-order chi connectivity index (χ1) is 10.2. The summed E-state index contributed by atoms with van der Waals surface area (Å²) in [7, 11) is 3.56. The first-order valence-corrected chi connectivity index (χ1v) is 7.22. The smallest absolute Gasteiger partial charge is 0.132 e. The summed E-state index contributed by atoms with van der Waals surface area (Å²) < 4.78 is 13.0. The second-order valence-electron chi connectivity index (χ2n) is 4.92. The van der Waals surface area contributed by atoms with Gasteiger partial charge in [-0.1, -0.05) is 13.0 Å². The van der Waals surface area contributed by atoms with E-state index >= 15 is 0 Å². The number of rotatable bonds is 8. The molecule has 1 aromatic carbocycles. The lowest BCUT2D eigenvalue weighted by atomic mass is 10.2. The topological polar surface area (TPSA) is 48.3 Å². The Morgan fingerprint density at radius 1 is 1.29 bits per heavy atom. The van der Waals surface area contributed by atoms with Gasteiger partial charge in [0.05, 0.1) is 12.8 Å². The molecule has 0 aliphatic carbocycles. The molecule has 0 aliphatic heterocycles. The quantitative estimate of drug-likeness (QED) is 0.759. The lowest BCUT2D eigenvalue weighted by Crippen LogP contribution is -2.14. The Labute approximate surface area is 125 Å². The summed E-state index contributed by atoms with van der Waals surface area (Å²) in [5.74, 6) is 1.63. The van der Waals surface area contributed by atoms with Crippen molar-refractivity contribution < 1.29 is 9.47 Å². The molecule has 0 radical (unpaired) electrons. The van der Waals surface area contributed by atoms with Gasteiger partial charge in [-0.2, -0.15) is 5.10 Å². The maximum Gasteiger partial charge on any atom is 0.132 e. The lowest BCUT2D eigenvalue weighted by Gasteiger charge is -2.13. The molecule has 1 N–H and O–H groups in total. The van der Waals surface area contributed by atoms with Crippen LogP contribution in [0.15, 0.2) is 30.5 Å². The van der Waals surface area contributed by atoms with Crippen LogP contribution in [0, 0.1) is 0 Å². The highest BCUT2D eigenvalue weighted by Crippen LogP contribution is 2.25. The molecule has 0 unspecified atom stereocenters. The van der Waals surface area contributed by atoms with E-state index in [0.29, 0.717) is 6.61 Å². The van der Waals surface area contributed by atoms with Crippen LogP contribution >= 0.6 is 0 Å². The van der Waals surface area contributed by atoms with E-state index in [0.717, 1.165) is 42.3 Å². The molecule has 0 aliphatic rings. The Balaban J connectivity index is 2.06. The van der Waals surface area contributed by atoms with E-state index in [4.69, 9.17) is 9.47 Å². The molecule has 0 saturated carbocycles. The predicted octanol–water partition coefficient (Wildman–Crippen LogP) is 2.51. The van der Waals surface area contributed by atoms with Crippen LogP contribution in [-0.4, -0.2) is 23.4 Å². The van der Waals surface area contributed by atoms with Crippen LogP contribution in [0.4, 0.5) is 0 Å². The molecule has 2 aromatic rings. The molecule has 114 valence electrons. The molecule has 5 heteroatoms. The highest BCUT2D eigenvalue weighted by Gasteiger charge is 2.07. The normalized spacial score (nSPS) is 10.6. The zero-order valence-electron chi connectivity index (χ0n) is 12.9. The Morgan fingerprint density at radius 2 is 2.14 bits per heavy atom. The fourth-order valence-corrected chi connectivity index (χ4v) is 2.03. The highest BCUT2D eigenvalue weighted by molar-refractivity contribution is 5.40. The molecule has 0 amide bonds. The fourth-order valence-electron chi connectivity index (χ4n) is 2.03. The first kappa shape index (κ1) is 15.4. The van der Waals surface area contributed by atoms with Crippen molar-refractivity contribution in [1.82, 2.24) is 15.1 Å². The van der Waals surface area contributed by atoms with Gasteiger partial charge in [-0.15, -0.1) is 0 Å². The summed E-state index contributed by atoms with van der Waals surface area (Å²) in [6.45, 7) is 4.38. The van der Waals surface area contributed by atoms with Gasteiger partial charge in [0.2, 0.25) is 0 Å². The average molecular weight is 289 g/mol. The zero-order valence-corrected chi connectivity index (χ0v) is 12.9. The van der Waals surface area contributed by atoms with Crippen molar-refractivity contribution in [3.63, 3.8) is 0 Å². The molecule has 0 bridgehead atoms. The van der Waals surface area contributed by atoms with Crippen LogP contribution in [0.2, 0.25) is 0 Å². The minimum Gasteiger partial charge on any atom is -0.497 e. The van der Waals surface area contributed by atoms with Crippen molar-refractivity contribution in [1.29, 1.82) is 0 Å². The van der Waals surface area contributed by atoms with Crippen LogP contribution in [0.25, 0.3) is 0 Å². The summed E-state index contributed by atoms with van der Waals surface area (Å²) in [4.78, 5) is 0. The van der Waals surface area contributed by atoms with E-state index in [1.54, 1.807) is 11.8 Å². The number of nitrogens with one attached hydrogen (secondary N) is 1. The van der Waals surface area contributed by atoms with Crippen molar-refractivity contribution in [3.05, 3.63) is 41.7 Å². The third-order valence-electron chi connectivity index (χ3n) is 3.16. The molecular formula is C16H23N3O2. The third kappa shape index (κ3) is 4.49. The second-order valence-corrected chi connectivity index (χ2v) is 4.92. The molecule has 0 saturated heterocycles. The van der Waals surface area contributed by atoms with Crippen LogP contribution < -0.4 is 14.8 Å². The summed E-state index contributed by atoms with van der Waals surface area (Å²) in [6, 6.07) is 7.87. The largest absolute Gasteiger partial charge is 0.497 e. The van der Waals surface area contributed by atoms with Crippen LogP contribution in [0.3, 0.4) is 0 Å². The van der Waals surface area contributed by atoms with Crippen molar-refractivity contribution in [2.75, 3.05) is 13.7 Å². The average Bonchev–Trinajstić information content (AvgIpc) is 2.92. The maximum atomic E-state index is 5.91. The van der Waals surface area contributed by atoms with Crippen LogP contribution in [0.5, 0.6) is 11.5 Å². The number of ether oxygens (including phenoxy) is 2. The predicted molar refractivity (Wildman–Crippen MR) is 82.5 cm³/mol. The van der Waals surface area contributed by atoms with E-state index < -0.39 is 0 Å². The summed E-state index contributed by atoms with van der Waals surface area (Å²) >= 11 is 0. The van der Waals surface area contributed by atoms with Gasteiger partial charge >= 0.3 is 0 Å². The minimum atomic E-state index is 0.453. The van der Waals surface area contributed by atoms with Gasteiger partial charge in [-0.05, 0) is 25.1 Å². The second kappa shape index (κ2) is 7.69. The SMILES string of the molecule is CCCNCc1ccc(OC)cc1OCc1ccn(C)n1. The number of hydrogen-bond donors (Lipinski definition) is 1. The van der Waals surface area contributed by atoms with E-state index in [-0.39, 0.29) is 0 Å². The number of benzene rings is 1. The molecule has 0 fully saturated rings. The van der Waals surface area contributed by atoms with Gasteiger partial charge in [-0.25, -0.2) is 0 Å². The van der Waals surface area contributed by atoms with Crippen molar-refractivity contribution in [2.24, 2.45) is 7.05 Å². The number of nitrogens with zero attached hydrogens (tertiary/aromatic N) is 2. The van der Waals surface area contributed by atoms with Crippen molar-refractivity contribution in [3.8, 4) is 11.5 Å². The molecule has 0 spiro atoms. The van der Waals surface area contributed by atoms with E-state index in [1.165, 1.54) is 0 Å². The Bertz CT molecular complexity index is 566. The van der Waals surface area contributed by atoms with Crippen molar-refractivity contribution >= 4 is 0 Å². The molecule has 1 heterocycles. The third-order valence-corrected chi connectivity index (χ3v) is 3.16. The molecule has 2 rings (SSSR count). The summed E-state index contributed by atoms with van der Waals surface area (Å²) in [5, 5.41) is 7.71. The lowest BCUT2D eigenvalue weighted by molar-refractivity contribution is 0.293. The Kier molecular flexibility index (Phi) is 5.63. The van der Waals surface area contributed by atoms with Gasteiger partial charge in [0.15, 0.2) is 0 Å². The maximum absolute atomic E-state index is 5.91. The number of hydrogen-bond acceptors (Lipinski definition) is 4. The zero-order chi connectivity index (χ0) is 15.1. The van der Waals surface area contributed by atoms with Gasteiger partial charge in [0.25, 0.3) is 0 Å². The molecule has 21 heavy (non-hydrogen) atoms. The van der Waals surface area contributed by atoms with Crippen molar-refractivity contribution in [2.45, 2.75) is 26.5 Å². The minimum absolute atomic E-state index is 0.453. The molecule has 5 nitrogen and oxygen atoms in total. The van der Waals surface area contributed by atoms with Gasteiger partial charge < -0.3 is 14.8 Å². The standard InChI is InChI=1S/C16H23N3O2/c1-4-8-17-11-13-5-6-15(20-3)10-16(13)21-12-14-7-9-19(2)18-14/h5-7,9-10,17H,4,8,11-12H2,1-3H3. The van der Waals surface area contributed by atoms with Crippen LogP contribution in [0.1, 0.15) is 24.6 Å².